The normalized spacial score (nSPS) is 14.6. The second-order valence-electron chi connectivity index (χ2n) is 9.50. The Morgan fingerprint density at radius 2 is 1.95 bits per heavy atom. The third-order valence-electron chi connectivity index (χ3n) is 6.86. The fraction of sp³-hybridized carbons (Fsp3) is 0.323. The van der Waals surface area contributed by atoms with Gasteiger partial charge in [0.25, 0.3) is 5.91 Å². The van der Waals surface area contributed by atoms with E-state index >= 15 is 0 Å². The van der Waals surface area contributed by atoms with E-state index in [1.807, 2.05) is 16.5 Å². The fourth-order valence-electron chi connectivity index (χ4n) is 4.82. The van der Waals surface area contributed by atoms with Crippen molar-refractivity contribution in [3.05, 3.63) is 66.5 Å². The van der Waals surface area contributed by atoms with E-state index in [1.54, 1.807) is 48.5 Å². The molecular weight excluding hydrogens is 511 g/mol. The zero-order valence-electron chi connectivity index (χ0n) is 22.8. The largest absolute Gasteiger partial charge is 0.494 e. The van der Waals surface area contributed by atoms with Crippen molar-refractivity contribution in [2.45, 2.75) is 39.0 Å². The van der Waals surface area contributed by atoms with Gasteiger partial charge in [-0.25, -0.2) is 4.98 Å². The zero-order valence-corrected chi connectivity index (χ0v) is 22.8. The summed E-state index contributed by atoms with van der Waals surface area (Å²) in [6.07, 6.45) is 6.18. The molecule has 4 aromatic rings. The molecule has 40 heavy (non-hydrogen) atoms. The number of imidazole rings is 1. The zero-order chi connectivity index (χ0) is 28.1. The molecule has 0 N–H and O–H groups in total. The van der Waals surface area contributed by atoms with Gasteiger partial charge in [0.2, 0.25) is 11.7 Å². The number of carbonyl (C=O) groups is 1. The highest BCUT2D eigenvalue weighted by Gasteiger charge is 2.31. The van der Waals surface area contributed by atoms with E-state index in [-0.39, 0.29) is 23.3 Å². The van der Waals surface area contributed by atoms with Gasteiger partial charge in [-0.2, -0.15) is 4.39 Å². The van der Waals surface area contributed by atoms with Crippen LogP contribution in [0.1, 0.15) is 44.9 Å². The van der Waals surface area contributed by atoms with Gasteiger partial charge in [0.05, 0.1) is 37.3 Å². The second-order valence-corrected chi connectivity index (χ2v) is 9.50. The van der Waals surface area contributed by atoms with E-state index in [1.165, 1.54) is 13.2 Å². The van der Waals surface area contributed by atoms with Crippen molar-refractivity contribution < 1.29 is 23.4 Å². The van der Waals surface area contributed by atoms with Crippen LogP contribution in [-0.4, -0.2) is 52.0 Å². The Hall–Kier alpha value is -4.58. The Labute approximate surface area is 232 Å². The summed E-state index contributed by atoms with van der Waals surface area (Å²) in [7, 11) is 1.41. The first-order valence-electron chi connectivity index (χ1n) is 13.4. The monoisotopic (exact) mass is 542 g/mol. The van der Waals surface area contributed by atoms with E-state index < -0.39 is 5.82 Å². The molecule has 1 aliphatic rings. The van der Waals surface area contributed by atoms with Gasteiger partial charge >= 0.3 is 0 Å². The summed E-state index contributed by atoms with van der Waals surface area (Å²) in [6, 6.07) is 12.1. The lowest BCUT2D eigenvalue weighted by Gasteiger charge is -2.14. The molecule has 1 saturated heterocycles. The summed E-state index contributed by atoms with van der Waals surface area (Å²) in [5.41, 5.74) is 2.38. The number of methoxy groups -OCH3 is 1. The molecule has 0 radical (unpaired) electrons. The summed E-state index contributed by atoms with van der Waals surface area (Å²) in [6.45, 7) is 5.49. The number of hydrogen-bond donors (Lipinski definition) is 0. The second kappa shape index (κ2) is 12.1. The van der Waals surface area contributed by atoms with Crippen LogP contribution in [0, 0.1) is 17.7 Å². The number of nitrogens with zero attached hydrogens (tertiary/aromatic N) is 4. The molecular formula is C31H31FN4O4. The number of rotatable bonds is 9. The lowest BCUT2D eigenvalue weighted by Crippen LogP contribution is -2.27. The van der Waals surface area contributed by atoms with Gasteiger partial charge in [0, 0.05) is 24.6 Å². The van der Waals surface area contributed by atoms with Gasteiger partial charge in [-0.15, -0.1) is 0 Å². The molecule has 2 aromatic heterocycles. The molecule has 0 aliphatic carbocycles. The van der Waals surface area contributed by atoms with Gasteiger partial charge < -0.3 is 19.1 Å². The van der Waals surface area contributed by atoms with Gasteiger partial charge in [-0.05, 0) is 62.1 Å². The van der Waals surface area contributed by atoms with Gasteiger partial charge in [0.15, 0.2) is 11.5 Å². The summed E-state index contributed by atoms with van der Waals surface area (Å²) in [5.74, 6) is 6.71. The van der Waals surface area contributed by atoms with E-state index in [0.29, 0.717) is 31.3 Å². The number of carbonyl (C=O) groups excluding carboxylic acids is 1. The fourth-order valence-corrected chi connectivity index (χ4v) is 4.82. The Bertz CT molecular complexity index is 1570. The molecule has 3 heterocycles. The minimum Gasteiger partial charge on any atom is -0.494 e. The molecule has 1 atom stereocenters. The molecule has 206 valence electrons. The lowest BCUT2D eigenvalue weighted by atomic mass is 10.1. The number of ether oxygens (including phenoxy) is 3. The predicted molar refractivity (Wildman–Crippen MR) is 149 cm³/mol. The number of unbranched alkanes of at least 4 members (excludes halogenated alkanes) is 1. The average Bonchev–Trinajstić information content (AvgIpc) is 3.61. The summed E-state index contributed by atoms with van der Waals surface area (Å²) in [4.78, 5) is 23.7. The minimum absolute atomic E-state index is 0.0124. The smallest absolute Gasteiger partial charge is 0.298 e. The maximum atomic E-state index is 14.6. The van der Waals surface area contributed by atoms with Crippen molar-refractivity contribution in [2.24, 2.45) is 0 Å². The van der Waals surface area contributed by atoms with Crippen molar-refractivity contribution in [2.75, 3.05) is 26.8 Å². The highest BCUT2D eigenvalue weighted by atomic mass is 19.1. The topological polar surface area (TPSA) is 78.2 Å². The number of likely N-dealkylation sites (tertiary alicyclic amines) is 1. The molecule has 0 spiro atoms. The molecule has 0 unspecified atom stereocenters. The first-order valence-corrected chi connectivity index (χ1v) is 13.4. The lowest BCUT2D eigenvalue weighted by molar-refractivity contribution is -0.124. The quantitative estimate of drug-likeness (QED) is 0.195. The molecule has 0 bridgehead atoms. The average molecular weight is 543 g/mol. The molecule has 1 aliphatic heterocycles. The molecule has 1 fully saturated rings. The van der Waals surface area contributed by atoms with E-state index in [9.17, 15) is 9.18 Å². The first kappa shape index (κ1) is 27.0. The van der Waals surface area contributed by atoms with Crippen molar-refractivity contribution >= 4 is 11.4 Å². The van der Waals surface area contributed by atoms with E-state index in [2.05, 4.69) is 23.7 Å². The summed E-state index contributed by atoms with van der Waals surface area (Å²) >= 11 is 0. The third kappa shape index (κ3) is 5.43. The van der Waals surface area contributed by atoms with Crippen LogP contribution in [0.25, 0.3) is 16.8 Å². The highest BCUT2D eigenvalue weighted by molar-refractivity contribution is 5.93. The van der Waals surface area contributed by atoms with Crippen molar-refractivity contribution in [1.82, 2.24) is 19.3 Å². The SMILES string of the molecule is CC#CC(=O)N1CC[C@@H](c2nc(-c3ccc(Oc4cccc(OC)c4F)cc3)c3cncc(OCCCC)n23)C1. The number of benzene rings is 2. The van der Waals surface area contributed by atoms with Crippen molar-refractivity contribution in [1.29, 1.82) is 0 Å². The Balaban J connectivity index is 1.49. The van der Waals surface area contributed by atoms with Crippen molar-refractivity contribution in [3.63, 3.8) is 0 Å². The highest BCUT2D eigenvalue weighted by Crippen LogP contribution is 2.36. The van der Waals surface area contributed by atoms with Crippen LogP contribution in [0.2, 0.25) is 0 Å². The maximum absolute atomic E-state index is 14.6. The minimum atomic E-state index is -0.561. The predicted octanol–water partition coefficient (Wildman–Crippen LogP) is 5.85. The van der Waals surface area contributed by atoms with Crippen LogP contribution in [0.3, 0.4) is 0 Å². The maximum Gasteiger partial charge on any atom is 0.298 e. The van der Waals surface area contributed by atoms with Crippen molar-refractivity contribution in [3.8, 4) is 46.2 Å². The van der Waals surface area contributed by atoms with Crippen LogP contribution in [-0.2, 0) is 4.79 Å². The Kier molecular flexibility index (Phi) is 8.15. The van der Waals surface area contributed by atoms with Gasteiger partial charge in [-0.3, -0.25) is 14.2 Å². The van der Waals surface area contributed by atoms with Crippen LogP contribution >= 0.6 is 0 Å². The molecule has 0 saturated carbocycles. The molecule has 9 heteroatoms. The molecule has 1 amide bonds. The number of halogens is 1. The van der Waals surface area contributed by atoms with Gasteiger partial charge in [0.1, 0.15) is 11.6 Å². The van der Waals surface area contributed by atoms with E-state index in [4.69, 9.17) is 19.2 Å². The number of amides is 1. The molecule has 5 rings (SSSR count). The Morgan fingerprint density at radius 1 is 1.15 bits per heavy atom. The van der Waals surface area contributed by atoms with Crippen LogP contribution in [0.4, 0.5) is 4.39 Å². The molecule has 2 aromatic carbocycles. The van der Waals surface area contributed by atoms with E-state index in [0.717, 1.165) is 41.9 Å². The summed E-state index contributed by atoms with van der Waals surface area (Å²) < 4.78 is 33.6. The first-order chi connectivity index (χ1) is 19.5. The van der Waals surface area contributed by atoms with Gasteiger partial charge in [-0.1, -0.05) is 25.3 Å². The third-order valence-corrected chi connectivity index (χ3v) is 6.86. The number of fused-ring (bicyclic) bond motifs is 1. The Morgan fingerprint density at radius 3 is 2.70 bits per heavy atom. The molecule has 8 nitrogen and oxygen atoms in total. The number of hydrogen-bond acceptors (Lipinski definition) is 6. The van der Waals surface area contributed by atoms with Crippen LogP contribution < -0.4 is 14.2 Å². The van der Waals surface area contributed by atoms with Crippen LogP contribution in [0.15, 0.2) is 54.9 Å². The number of aromatic nitrogens is 3. The van der Waals surface area contributed by atoms with Crippen LogP contribution in [0.5, 0.6) is 23.1 Å². The summed E-state index contributed by atoms with van der Waals surface area (Å²) in [5, 5.41) is 0. The standard InChI is InChI=1S/C31H31FN4O4/c1-4-6-17-39-28-19-33-18-24-30(34-31(36(24)28)22-15-16-35(20-22)27(37)8-5-2)21-11-13-23(14-12-21)40-26-10-7-9-25(38-3)29(26)32/h7,9-14,18-19,22H,4,6,15-17,20H2,1-3H3/t22-/m1/s1.